The van der Waals surface area contributed by atoms with Crippen LogP contribution < -0.4 is 11.1 Å². The number of aliphatic carboxylic acids is 1. The highest BCUT2D eigenvalue weighted by molar-refractivity contribution is 5.78. The van der Waals surface area contributed by atoms with Crippen LogP contribution in [0, 0.1) is 5.92 Å². The van der Waals surface area contributed by atoms with Gasteiger partial charge in [0.2, 0.25) is 5.91 Å². The third-order valence-electron chi connectivity index (χ3n) is 2.54. The Kier molecular flexibility index (Phi) is 4.08. The third kappa shape index (κ3) is 4.78. The Balaban J connectivity index is 2.19. The Labute approximate surface area is 89.0 Å². The van der Waals surface area contributed by atoms with Crippen LogP contribution in [0.15, 0.2) is 0 Å². The van der Waals surface area contributed by atoms with Gasteiger partial charge in [0.15, 0.2) is 0 Å². The van der Waals surface area contributed by atoms with Crippen molar-refractivity contribution in [2.24, 2.45) is 11.7 Å². The Bertz CT molecular complexity index is 251. The number of nitrogens with one attached hydrogen (secondary N) is 1. The quantitative estimate of drug-likeness (QED) is 0.584. The van der Waals surface area contributed by atoms with Crippen LogP contribution in [0.25, 0.3) is 0 Å². The summed E-state index contributed by atoms with van der Waals surface area (Å²) in [7, 11) is 0. The molecule has 1 fully saturated rings. The second-order valence-corrected chi connectivity index (χ2v) is 4.27. The smallest absolute Gasteiger partial charge is 0.305 e. The molecule has 0 radical (unpaired) electrons. The molecular formula is C10H18N2O3. The molecule has 15 heavy (non-hydrogen) atoms. The molecule has 4 N–H and O–H groups in total. The number of carbonyl (C=O) groups is 2. The highest BCUT2D eigenvalue weighted by Gasteiger charge is 2.29. The van der Waals surface area contributed by atoms with Crippen LogP contribution in [-0.4, -0.2) is 29.1 Å². The molecule has 1 aliphatic rings. The molecule has 2 atom stereocenters. The van der Waals surface area contributed by atoms with E-state index in [1.165, 1.54) is 0 Å². The second kappa shape index (κ2) is 5.11. The maximum absolute atomic E-state index is 11.4. The van der Waals surface area contributed by atoms with Crippen molar-refractivity contribution in [1.29, 1.82) is 0 Å². The van der Waals surface area contributed by atoms with Crippen molar-refractivity contribution in [2.75, 3.05) is 0 Å². The number of amides is 1. The summed E-state index contributed by atoms with van der Waals surface area (Å²) < 4.78 is 0. The maximum Gasteiger partial charge on any atom is 0.305 e. The van der Waals surface area contributed by atoms with Gasteiger partial charge >= 0.3 is 5.97 Å². The zero-order valence-electron chi connectivity index (χ0n) is 8.90. The minimum absolute atomic E-state index is 0.0512. The van der Waals surface area contributed by atoms with E-state index in [1.54, 1.807) is 6.92 Å². The summed E-state index contributed by atoms with van der Waals surface area (Å²) in [6.45, 7) is 1.68. The SMILES string of the molecule is CC(CC(=O)O)NC(=O)CC(N)C1CC1. The fourth-order valence-corrected chi connectivity index (χ4v) is 1.55. The van der Waals surface area contributed by atoms with Crippen molar-refractivity contribution in [3.05, 3.63) is 0 Å². The van der Waals surface area contributed by atoms with Gasteiger partial charge < -0.3 is 16.2 Å². The van der Waals surface area contributed by atoms with Crippen molar-refractivity contribution in [1.82, 2.24) is 5.32 Å². The molecule has 86 valence electrons. The van der Waals surface area contributed by atoms with Gasteiger partial charge in [-0.3, -0.25) is 9.59 Å². The highest BCUT2D eigenvalue weighted by atomic mass is 16.4. The van der Waals surface area contributed by atoms with Gasteiger partial charge in [-0.05, 0) is 25.7 Å². The van der Waals surface area contributed by atoms with Gasteiger partial charge in [-0.25, -0.2) is 0 Å². The summed E-state index contributed by atoms with van der Waals surface area (Å²) in [5.74, 6) is -0.567. The second-order valence-electron chi connectivity index (χ2n) is 4.27. The van der Waals surface area contributed by atoms with Crippen LogP contribution in [-0.2, 0) is 9.59 Å². The predicted octanol–water partition coefficient (Wildman–Crippen LogP) is 0.0932. The lowest BCUT2D eigenvalue weighted by Gasteiger charge is -2.14. The van der Waals surface area contributed by atoms with Crippen LogP contribution in [0.1, 0.15) is 32.6 Å². The molecule has 0 aromatic rings. The van der Waals surface area contributed by atoms with E-state index in [2.05, 4.69) is 5.32 Å². The molecular weight excluding hydrogens is 196 g/mol. The van der Waals surface area contributed by atoms with E-state index in [-0.39, 0.29) is 24.4 Å². The van der Waals surface area contributed by atoms with Crippen molar-refractivity contribution < 1.29 is 14.7 Å². The molecule has 1 aliphatic carbocycles. The first-order valence-corrected chi connectivity index (χ1v) is 5.25. The summed E-state index contributed by atoms with van der Waals surface area (Å²) >= 11 is 0. The summed E-state index contributed by atoms with van der Waals surface area (Å²) in [4.78, 5) is 21.7. The van der Waals surface area contributed by atoms with Gasteiger partial charge in [-0.1, -0.05) is 0 Å². The number of carboxylic acid groups (broad SMARTS) is 1. The molecule has 2 unspecified atom stereocenters. The molecule has 1 saturated carbocycles. The van der Waals surface area contributed by atoms with E-state index in [0.29, 0.717) is 12.3 Å². The Hall–Kier alpha value is -1.10. The molecule has 0 aromatic heterocycles. The summed E-state index contributed by atoms with van der Waals surface area (Å²) in [6.07, 6.45) is 2.47. The Morgan fingerprint density at radius 2 is 2.07 bits per heavy atom. The lowest BCUT2D eigenvalue weighted by Crippen LogP contribution is -2.38. The molecule has 0 heterocycles. The Morgan fingerprint density at radius 1 is 1.47 bits per heavy atom. The first kappa shape index (κ1) is 12.0. The summed E-state index contributed by atoms with van der Waals surface area (Å²) in [5, 5.41) is 11.1. The van der Waals surface area contributed by atoms with Gasteiger partial charge in [-0.15, -0.1) is 0 Å². The lowest BCUT2D eigenvalue weighted by atomic mass is 10.1. The van der Waals surface area contributed by atoms with E-state index in [9.17, 15) is 9.59 Å². The molecule has 5 heteroatoms. The zero-order chi connectivity index (χ0) is 11.4. The van der Waals surface area contributed by atoms with Gasteiger partial charge in [0.05, 0.1) is 6.42 Å². The topological polar surface area (TPSA) is 92.4 Å². The van der Waals surface area contributed by atoms with E-state index >= 15 is 0 Å². The first-order valence-electron chi connectivity index (χ1n) is 5.25. The standard InChI is InChI=1S/C10H18N2O3/c1-6(4-10(14)15)12-9(13)5-8(11)7-2-3-7/h6-8H,2-5,11H2,1H3,(H,12,13)(H,14,15). The average molecular weight is 214 g/mol. The fourth-order valence-electron chi connectivity index (χ4n) is 1.55. The van der Waals surface area contributed by atoms with Gasteiger partial charge in [-0.2, -0.15) is 0 Å². The van der Waals surface area contributed by atoms with Crippen LogP contribution >= 0.6 is 0 Å². The number of rotatable bonds is 6. The normalized spacial score (nSPS) is 19.3. The number of hydrogen-bond acceptors (Lipinski definition) is 3. The van der Waals surface area contributed by atoms with Gasteiger partial charge in [0.1, 0.15) is 0 Å². The summed E-state index contributed by atoms with van der Waals surface area (Å²) in [5.41, 5.74) is 5.78. The van der Waals surface area contributed by atoms with Crippen LogP contribution in [0.4, 0.5) is 0 Å². The Morgan fingerprint density at radius 3 is 2.53 bits per heavy atom. The van der Waals surface area contributed by atoms with E-state index in [4.69, 9.17) is 10.8 Å². The molecule has 0 aromatic carbocycles. The number of nitrogens with two attached hydrogens (primary N) is 1. The predicted molar refractivity (Wildman–Crippen MR) is 55.2 cm³/mol. The minimum Gasteiger partial charge on any atom is -0.481 e. The third-order valence-corrected chi connectivity index (χ3v) is 2.54. The number of carbonyl (C=O) groups excluding carboxylic acids is 1. The fraction of sp³-hybridized carbons (Fsp3) is 0.800. The lowest BCUT2D eigenvalue weighted by molar-refractivity contribution is -0.137. The highest BCUT2D eigenvalue weighted by Crippen LogP contribution is 2.32. The van der Waals surface area contributed by atoms with Crippen LogP contribution in [0.3, 0.4) is 0 Å². The number of hydrogen-bond donors (Lipinski definition) is 3. The minimum atomic E-state index is -0.908. The molecule has 0 bridgehead atoms. The van der Waals surface area contributed by atoms with Crippen LogP contribution in [0.5, 0.6) is 0 Å². The summed E-state index contributed by atoms with van der Waals surface area (Å²) in [6, 6.07) is -0.400. The zero-order valence-corrected chi connectivity index (χ0v) is 8.90. The molecule has 5 nitrogen and oxygen atoms in total. The maximum atomic E-state index is 11.4. The van der Waals surface area contributed by atoms with Crippen molar-refractivity contribution in [2.45, 2.75) is 44.7 Å². The van der Waals surface area contributed by atoms with E-state index < -0.39 is 5.97 Å². The monoisotopic (exact) mass is 214 g/mol. The number of carboxylic acids is 1. The van der Waals surface area contributed by atoms with Gasteiger partial charge in [0.25, 0.3) is 0 Å². The average Bonchev–Trinajstić information content (AvgIpc) is 2.82. The molecule has 1 rings (SSSR count). The van der Waals surface area contributed by atoms with Crippen LogP contribution in [0.2, 0.25) is 0 Å². The van der Waals surface area contributed by atoms with E-state index in [0.717, 1.165) is 12.8 Å². The molecule has 1 amide bonds. The largest absolute Gasteiger partial charge is 0.481 e. The van der Waals surface area contributed by atoms with Crippen molar-refractivity contribution >= 4 is 11.9 Å². The first-order chi connectivity index (χ1) is 6.99. The van der Waals surface area contributed by atoms with Crippen molar-refractivity contribution in [3.63, 3.8) is 0 Å². The molecule has 0 spiro atoms. The van der Waals surface area contributed by atoms with Gasteiger partial charge in [0, 0.05) is 18.5 Å². The molecule has 0 aliphatic heterocycles. The van der Waals surface area contributed by atoms with E-state index in [1.807, 2.05) is 0 Å². The van der Waals surface area contributed by atoms with Crippen molar-refractivity contribution in [3.8, 4) is 0 Å². The molecule has 0 saturated heterocycles.